The lowest BCUT2D eigenvalue weighted by Gasteiger charge is -2.33. The molecule has 0 aliphatic carbocycles. The van der Waals surface area contributed by atoms with E-state index >= 15 is 0 Å². The Kier molecular flexibility index (Phi) is 7.09. The van der Waals surface area contributed by atoms with Crippen LogP contribution < -0.4 is 5.32 Å². The molecule has 2 amide bonds. The van der Waals surface area contributed by atoms with E-state index in [9.17, 15) is 9.59 Å². The number of benzene rings is 1. The van der Waals surface area contributed by atoms with E-state index in [0.717, 1.165) is 62.3 Å². The molecule has 1 atom stereocenters. The van der Waals surface area contributed by atoms with Gasteiger partial charge in [0.2, 0.25) is 11.8 Å². The molecular weight excluding hydrogens is 400 g/mol. The van der Waals surface area contributed by atoms with E-state index in [2.05, 4.69) is 10.3 Å². The lowest BCUT2D eigenvalue weighted by molar-refractivity contribution is -0.182. The molecule has 1 N–H and O–H groups in total. The van der Waals surface area contributed by atoms with Crippen molar-refractivity contribution in [2.24, 2.45) is 5.92 Å². The second kappa shape index (κ2) is 10.1. The number of carbonyl (C=O) groups excluding carboxylic acids is 2. The fourth-order valence-corrected chi connectivity index (χ4v) is 4.51. The number of carbonyl (C=O) groups is 2. The van der Waals surface area contributed by atoms with E-state index in [1.54, 1.807) is 16.8 Å². The van der Waals surface area contributed by atoms with E-state index in [0.29, 0.717) is 19.5 Å². The SMILES string of the molecule is O=C(Nc1ccc(-c2cscn2)cc1)C1CCCN(C(=O)CCN2CCCCO2)C1. The molecule has 2 aliphatic heterocycles. The van der Waals surface area contributed by atoms with Crippen LogP contribution in [0.1, 0.15) is 32.1 Å². The van der Waals surface area contributed by atoms with Gasteiger partial charge in [-0.1, -0.05) is 12.1 Å². The van der Waals surface area contributed by atoms with Gasteiger partial charge in [-0.05, 0) is 37.8 Å². The predicted molar refractivity (Wildman–Crippen MR) is 117 cm³/mol. The Morgan fingerprint density at radius 3 is 2.77 bits per heavy atom. The van der Waals surface area contributed by atoms with Gasteiger partial charge in [-0.2, -0.15) is 5.06 Å². The van der Waals surface area contributed by atoms with Crippen molar-refractivity contribution in [3.63, 3.8) is 0 Å². The summed E-state index contributed by atoms with van der Waals surface area (Å²) in [7, 11) is 0. The van der Waals surface area contributed by atoms with Gasteiger partial charge in [0.15, 0.2) is 0 Å². The average molecular weight is 429 g/mol. The third-order valence-electron chi connectivity index (χ3n) is 5.68. The highest BCUT2D eigenvalue weighted by Gasteiger charge is 2.28. The van der Waals surface area contributed by atoms with Crippen LogP contribution in [0.25, 0.3) is 11.3 Å². The number of nitrogens with one attached hydrogen (secondary N) is 1. The summed E-state index contributed by atoms with van der Waals surface area (Å²) in [6.45, 7) is 3.47. The first-order valence-electron chi connectivity index (χ1n) is 10.6. The summed E-state index contributed by atoms with van der Waals surface area (Å²) in [5.74, 6) is -0.0882. The van der Waals surface area contributed by atoms with Crippen molar-refractivity contribution in [2.75, 3.05) is 38.1 Å². The summed E-state index contributed by atoms with van der Waals surface area (Å²) in [5, 5.41) is 6.90. The van der Waals surface area contributed by atoms with Crippen molar-refractivity contribution < 1.29 is 14.4 Å². The number of likely N-dealkylation sites (tertiary alicyclic amines) is 1. The first-order valence-corrected chi connectivity index (χ1v) is 11.6. The van der Waals surface area contributed by atoms with Crippen LogP contribution in [0.5, 0.6) is 0 Å². The Labute approximate surface area is 181 Å². The number of amides is 2. The van der Waals surface area contributed by atoms with E-state index in [4.69, 9.17) is 4.84 Å². The number of hydrogen-bond acceptors (Lipinski definition) is 6. The first-order chi connectivity index (χ1) is 14.7. The molecule has 1 aromatic heterocycles. The molecule has 1 aromatic carbocycles. The molecule has 2 saturated heterocycles. The lowest BCUT2D eigenvalue weighted by Crippen LogP contribution is -2.44. The minimum Gasteiger partial charge on any atom is -0.342 e. The second-order valence-corrected chi connectivity index (χ2v) is 8.56. The maximum Gasteiger partial charge on any atom is 0.229 e. The normalized spacial score (nSPS) is 20.1. The zero-order valence-electron chi connectivity index (χ0n) is 17.1. The fourth-order valence-electron chi connectivity index (χ4n) is 3.94. The van der Waals surface area contributed by atoms with Crippen molar-refractivity contribution in [1.29, 1.82) is 0 Å². The largest absolute Gasteiger partial charge is 0.342 e. The van der Waals surface area contributed by atoms with Crippen LogP contribution >= 0.6 is 11.3 Å². The van der Waals surface area contributed by atoms with Crippen molar-refractivity contribution in [3.05, 3.63) is 35.2 Å². The number of hydrogen-bond donors (Lipinski definition) is 1. The van der Waals surface area contributed by atoms with E-state index in [-0.39, 0.29) is 17.7 Å². The third-order valence-corrected chi connectivity index (χ3v) is 6.26. The lowest BCUT2D eigenvalue weighted by atomic mass is 9.96. The third kappa shape index (κ3) is 5.44. The Morgan fingerprint density at radius 1 is 1.17 bits per heavy atom. The number of thiazole rings is 1. The van der Waals surface area contributed by atoms with Gasteiger partial charge in [-0.3, -0.25) is 14.4 Å². The monoisotopic (exact) mass is 428 g/mol. The Hall–Kier alpha value is -2.29. The number of aromatic nitrogens is 1. The van der Waals surface area contributed by atoms with Gasteiger partial charge in [-0.15, -0.1) is 11.3 Å². The molecule has 4 rings (SSSR count). The highest BCUT2D eigenvalue weighted by atomic mass is 32.1. The molecule has 0 saturated carbocycles. The Bertz CT molecular complexity index is 835. The minimum absolute atomic E-state index is 0.0201. The van der Waals surface area contributed by atoms with E-state index in [1.165, 1.54) is 0 Å². The van der Waals surface area contributed by atoms with Gasteiger partial charge in [0.05, 0.1) is 23.7 Å². The molecule has 2 fully saturated rings. The summed E-state index contributed by atoms with van der Waals surface area (Å²) in [4.78, 5) is 37.1. The Morgan fingerprint density at radius 2 is 2.03 bits per heavy atom. The predicted octanol–water partition coefficient (Wildman–Crippen LogP) is 3.40. The van der Waals surface area contributed by atoms with Crippen LogP contribution in [0, 0.1) is 5.92 Å². The molecule has 1 unspecified atom stereocenters. The van der Waals surface area contributed by atoms with Gasteiger partial charge in [-0.25, -0.2) is 4.98 Å². The number of piperidine rings is 1. The molecule has 0 spiro atoms. The van der Waals surface area contributed by atoms with Crippen molar-refractivity contribution in [2.45, 2.75) is 32.1 Å². The molecule has 0 radical (unpaired) electrons. The highest BCUT2D eigenvalue weighted by molar-refractivity contribution is 7.07. The van der Waals surface area contributed by atoms with Gasteiger partial charge in [0.1, 0.15) is 0 Å². The summed E-state index contributed by atoms with van der Waals surface area (Å²) >= 11 is 1.56. The van der Waals surface area contributed by atoms with Crippen LogP contribution in [0.15, 0.2) is 35.2 Å². The van der Waals surface area contributed by atoms with Crippen molar-refractivity contribution in [1.82, 2.24) is 14.9 Å². The number of rotatable bonds is 6. The van der Waals surface area contributed by atoms with Gasteiger partial charge < -0.3 is 10.2 Å². The van der Waals surface area contributed by atoms with Crippen molar-refractivity contribution >= 4 is 28.8 Å². The zero-order valence-corrected chi connectivity index (χ0v) is 17.9. The summed E-state index contributed by atoms with van der Waals surface area (Å²) in [5.41, 5.74) is 4.54. The second-order valence-electron chi connectivity index (χ2n) is 7.84. The molecule has 3 heterocycles. The zero-order chi connectivity index (χ0) is 20.8. The number of hydroxylamine groups is 2. The molecule has 160 valence electrons. The quantitative estimate of drug-likeness (QED) is 0.763. The maximum atomic E-state index is 12.8. The van der Waals surface area contributed by atoms with E-state index < -0.39 is 0 Å². The van der Waals surface area contributed by atoms with Crippen LogP contribution in [0.3, 0.4) is 0 Å². The van der Waals surface area contributed by atoms with Crippen molar-refractivity contribution in [3.8, 4) is 11.3 Å². The molecular formula is C22H28N4O3S. The van der Waals surface area contributed by atoms with E-state index in [1.807, 2.05) is 39.6 Å². The van der Waals surface area contributed by atoms with Crippen LogP contribution in [-0.2, 0) is 14.4 Å². The van der Waals surface area contributed by atoms with Gasteiger partial charge in [0, 0.05) is 49.2 Å². The summed E-state index contributed by atoms with van der Waals surface area (Å²) in [6, 6.07) is 7.72. The van der Waals surface area contributed by atoms with Crippen LogP contribution in [0.4, 0.5) is 5.69 Å². The molecule has 7 nitrogen and oxygen atoms in total. The maximum absolute atomic E-state index is 12.8. The number of anilines is 1. The smallest absolute Gasteiger partial charge is 0.229 e. The summed E-state index contributed by atoms with van der Waals surface area (Å²) < 4.78 is 0. The molecule has 30 heavy (non-hydrogen) atoms. The standard InChI is InChI=1S/C22H28N4O3S/c27-21(9-12-26-11-1-2-13-29-26)25-10-3-4-18(14-25)22(28)24-19-7-5-17(6-8-19)20-15-30-16-23-20/h5-8,15-16,18H,1-4,9-14H2,(H,24,28). The molecule has 8 heteroatoms. The molecule has 2 aromatic rings. The highest BCUT2D eigenvalue weighted by Crippen LogP contribution is 2.23. The average Bonchev–Trinajstić information content (AvgIpc) is 3.34. The topological polar surface area (TPSA) is 74.8 Å². The van der Waals surface area contributed by atoms with Gasteiger partial charge >= 0.3 is 0 Å². The summed E-state index contributed by atoms with van der Waals surface area (Å²) in [6.07, 6.45) is 4.30. The molecule has 0 bridgehead atoms. The first kappa shape index (κ1) is 21.0. The Balaban J connectivity index is 1.27. The van der Waals surface area contributed by atoms with Crippen LogP contribution in [0.2, 0.25) is 0 Å². The number of nitrogens with zero attached hydrogens (tertiary/aromatic N) is 3. The fraction of sp³-hybridized carbons (Fsp3) is 0.500. The van der Waals surface area contributed by atoms with Crippen LogP contribution in [-0.4, -0.2) is 59.5 Å². The minimum atomic E-state index is -0.174. The molecule has 2 aliphatic rings. The van der Waals surface area contributed by atoms with Gasteiger partial charge in [0.25, 0.3) is 0 Å².